The van der Waals surface area contributed by atoms with Gasteiger partial charge in [-0.3, -0.25) is 0 Å². The fraction of sp³-hybridized carbons (Fsp3) is 0.200. The normalized spacial score (nSPS) is 11.3. The topological polar surface area (TPSA) is 154 Å². The zero-order chi connectivity index (χ0) is 10.3. The van der Waals surface area contributed by atoms with E-state index < -0.39 is 0 Å². The summed E-state index contributed by atoms with van der Waals surface area (Å²) in [4.78, 5) is 0. The molecular weight excluding hydrogens is 174 g/mol. The van der Waals surface area contributed by atoms with Crippen LogP contribution in [0.4, 0.5) is 0 Å². The first-order valence-electron chi connectivity index (χ1n) is 3.27. The van der Waals surface area contributed by atoms with Crippen molar-refractivity contribution in [1.82, 2.24) is 0 Å². The van der Waals surface area contributed by atoms with Crippen LogP contribution in [0.5, 0.6) is 0 Å². The molecule has 0 saturated carbocycles. The van der Waals surface area contributed by atoms with E-state index in [9.17, 15) is 0 Å². The van der Waals surface area contributed by atoms with E-state index in [1.165, 1.54) is 6.21 Å². The van der Waals surface area contributed by atoms with Crippen LogP contribution in [0.1, 0.15) is 6.92 Å². The molecule has 8 heteroatoms. The molecule has 0 unspecified atom stereocenters. The SMILES string of the molecule is C[14C](/C=N/N=C(N)N)=N/N=C(N)N. The molecule has 72 valence electrons. The largest absolute Gasteiger partial charge is 0.369 e. The van der Waals surface area contributed by atoms with Gasteiger partial charge in [0.05, 0.1) is 11.9 Å². The van der Waals surface area contributed by atoms with Crippen LogP contribution >= 0.6 is 0 Å². The first-order valence-corrected chi connectivity index (χ1v) is 3.27. The predicted octanol–water partition coefficient (Wildman–Crippen LogP) is -2.11. The first-order chi connectivity index (χ1) is 6.02. The lowest BCUT2D eigenvalue weighted by atomic mass is 11.1. The summed E-state index contributed by atoms with van der Waals surface area (Å²) >= 11 is 0. The van der Waals surface area contributed by atoms with Gasteiger partial charge in [-0.1, -0.05) is 0 Å². The smallest absolute Gasteiger partial charge is 0.211 e. The van der Waals surface area contributed by atoms with Crippen LogP contribution in [0.3, 0.4) is 0 Å². The Bertz CT molecular complexity index is 264. The highest BCUT2D eigenvalue weighted by atomic mass is 15.5. The number of nitrogens with zero attached hydrogens (tertiary/aromatic N) is 4. The van der Waals surface area contributed by atoms with E-state index in [4.69, 9.17) is 22.9 Å². The Hall–Kier alpha value is -2.12. The van der Waals surface area contributed by atoms with Crippen molar-refractivity contribution in [2.45, 2.75) is 6.92 Å². The first kappa shape index (κ1) is 10.9. The molecule has 8 nitrogen and oxygen atoms in total. The minimum absolute atomic E-state index is 0.130. The maximum Gasteiger partial charge on any atom is 0.211 e. The average Bonchev–Trinajstić information content (AvgIpc) is 2.00. The van der Waals surface area contributed by atoms with Crippen LogP contribution < -0.4 is 22.9 Å². The van der Waals surface area contributed by atoms with E-state index in [0.717, 1.165) is 0 Å². The third-order valence-corrected chi connectivity index (χ3v) is 0.741. The van der Waals surface area contributed by atoms with Crippen LogP contribution in [0.2, 0.25) is 0 Å². The Balaban J connectivity index is 4.22. The van der Waals surface area contributed by atoms with Crippen molar-refractivity contribution in [1.29, 1.82) is 0 Å². The van der Waals surface area contributed by atoms with Gasteiger partial charge < -0.3 is 22.9 Å². The summed E-state index contributed by atoms with van der Waals surface area (Å²) in [5.41, 5.74) is 20.5. The highest BCUT2D eigenvalue weighted by Crippen LogP contribution is 1.76. The van der Waals surface area contributed by atoms with E-state index >= 15 is 0 Å². The quantitative estimate of drug-likeness (QED) is 0.226. The molecule has 0 radical (unpaired) electrons. The summed E-state index contributed by atoms with van der Waals surface area (Å²) in [7, 11) is 0. The molecule has 0 aromatic carbocycles. The van der Waals surface area contributed by atoms with Crippen LogP contribution in [0.25, 0.3) is 0 Å². The van der Waals surface area contributed by atoms with Gasteiger partial charge in [0.1, 0.15) is 0 Å². The molecule has 0 aliphatic heterocycles. The molecule has 0 bridgehead atoms. The average molecular weight is 186 g/mol. The van der Waals surface area contributed by atoms with Crippen molar-refractivity contribution in [3.8, 4) is 0 Å². The second kappa shape index (κ2) is 5.52. The highest BCUT2D eigenvalue weighted by Gasteiger charge is 1.83. The molecule has 0 amide bonds. The van der Waals surface area contributed by atoms with E-state index in [-0.39, 0.29) is 11.9 Å². The molecule has 0 aliphatic rings. The number of rotatable bonds is 3. The summed E-state index contributed by atoms with van der Waals surface area (Å²) < 4.78 is 0. The Morgan fingerprint density at radius 1 is 1.08 bits per heavy atom. The van der Waals surface area contributed by atoms with E-state index in [1.54, 1.807) is 6.92 Å². The van der Waals surface area contributed by atoms with Gasteiger partial charge in [-0.15, -0.1) is 10.2 Å². The fourth-order valence-electron chi connectivity index (χ4n) is 0.342. The molecule has 13 heavy (non-hydrogen) atoms. The van der Waals surface area contributed by atoms with Gasteiger partial charge in [0.25, 0.3) is 0 Å². The summed E-state index contributed by atoms with van der Waals surface area (Å²) in [6.45, 7) is 1.64. The van der Waals surface area contributed by atoms with E-state index in [1.807, 2.05) is 0 Å². The molecule has 0 heterocycles. The third-order valence-electron chi connectivity index (χ3n) is 0.741. The van der Waals surface area contributed by atoms with Gasteiger partial charge in [0, 0.05) is 0 Å². The maximum absolute atomic E-state index is 5.03. The Morgan fingerprint density at radius 2 is 1.62 bits per heavy atom. The van der Waals surface area contributed by atoms with Gasteiger partial charge in [-0.05, 0) is 6.92 Å². The minimum atomic E-state index is -0.133. The van der Waals surface area contributed by atoms with Crippen molar-refractivity contribution < 1.29 is 0 Å². The lowest BCUT2D eigenvalue weighted by molar-refractivity contribution is 1.19. The van der Waals surface area contributed by atoms with Crippen molar-refractivity contribution in [2.75, 3.05) is 0 Å². The van der Waals surface area contributed by atoms with Crippen molar-refractivity contribution in [2.24, 2.45) is 43.3 Å². The summed E-state index contributed by atoms with van der Waals surface area (Å²) in [6, 6.07) is 0. The number of guanidine groups is 2. The molecule has 0 aliphatic carbocycles. The molecule has 0 rings (SSSR count). The van der Waals surface area contributed by atoms with Gasteiger partial charge in [-0.25, -0.2) is 0 Å². The zero-order valence-electron chi connectivity index (χ0n) is 7.18. The monoisotopic (exact) mass is 186 g/mol. The predicted molar refractivity (Wildman–Crippen MR) is 53.2 cm³/mol. The van der Waals surface area contributed by atoms with Crippen LogP contribution in [0, 0.1) is 0 Å². The molecule has 8 N–H and O–H groups in total. The van der Waals surface area contributed by atoms with Gasteiger partial charge in [-0.2, -0.15) is 10.2 Å². The molecule has 0 fully saturated rings. The van der Waals surface area contributed by atoms with Gasteiger partial charge in [0.15, 0.2) is 0 Å². The minimum Gasteiger partial charge on any atom is -0.369 e. The van der Waals surface area contributed by atoms with Crippen LogP contribution in [0.15, 0.2) is 20.4 Å². The molecule has 0 atom stereocenters. The van der Waals surface area contributed by atoms with E-state index in [2.05, 4.69) is 20.4 Å². The Labute approximate surface area is 75.1 Å². The Morgan fingerprint density at radius 3 is 2.08 bits per heavy atom. The van der Waals surface area contributed by atoms with Crippen LogP contribution in [-0.2, 0) is 0 Å². The van der Waals surface area contributed by atoms with Crippen molar-refractivity contribution >= 4 is 23.8 Å². The van der Waals surface area contributed by atoms with Crippen LogP contribution in [-0.4, -0.2) is 23.8 Å². The lowest BCUT2D eigenvalue weighted by Gasteiger charge is -1.86. The second-order valence-corrected chi connectivity index (χ2v) is 2.04. The Kier molecular flexibility index (Phi) is 4.62. The highest BCUT2D eigenvalue weighted by molar-refractivity contribution is 6.29. The fourth-order valence-corrected chi connectivity index (χ4v) is 0.342. The summed E-state index contributed by atoms with van der Waals surface area (Å²) in [5.74, 6) is -0.263. The maximum atomic E-state index is 5.03. The molecule has 0 spiro atoms. The molecule has 0 aromatic heterocycles. The number of hydrogen-bond acceptors (Lipinski definition) is 4. The molecule has 0 aromatic rings. The second-order valence-electron chi connectivity index (χ2n) is 2.04. The lowest BCUT2D eigenvalue weighted by Crippen LogP contribution is -2.22. The number of nitrogens with two attached hydrogens (primary N) is 4. The van der Waals surface area contributed by atoms with Gasteiger partial charge in [0.2, 0.25) is 11.9 Å². The van der Waals surface area contributed by atoms with Crippen molar-refractivity contribution in [3.05, 3.63) is 0 Å². The number of hydrogen-bond donors (Lipinski definition) is 4. The summed E-state index contributed by atoms with van der Waals surface area (Å²) in [5, 5.41) is 13.8. The van der Waals surface area contributed by atoms with E-state index in [0.29, 0.717) is 5.71 Å². The standard InChI is InChI=1S/C5H12N8/c1-3(11-13-5(8)9)2-10-12-4(6)7/h2H,1H3,(H4,6,7,12)(H4,8,9,13)/b10-2+,11-3-/i3+2. The zero-order valence-corrected chi connectivity index (χ0v) is 7.18. The summed E-state index contributed by atoms with van der Waals surface area (Å²) in [6.07, 6.45) is 1.31. The molecule has 0 saturated heterocycles. The third kappa shape index (κ3) is 7.78. The van der Waals surface area contributed by atoms with Crippen molar-refractivity contribution in [3.63, 3.8) is 0 Å². The van der Waals surface area contributed by atoms with Gasteiger partial charge >= 0.3 is 0 Å². The molecular formula is C5H12N8.